The van der Waals surface area contributed by atoms with E-state index in [0.717, 1.165) is 20.8 Å². The lowest BCUT2D eigenvalue weighted by molar-refractivity contribution is -0.113. The molecule has 0 bridgehead atoms. The maximum absolute atomic E-state index is 11.8. The maximum atomic E-state index is 11.8. The molecule has 0 aliphatic rings. The fourth-order valence-corrected chi connectivity index (χ4v) is 3.72. The van der Waals surface area contributed by atoms with Crippen molar-refractivity contribution >= 4 is 46.5 Å². The molecule has 0 spiro atoms. The molecule has 1 aromatic carbocycles. The molecule has 7 heteroatoms. The van der Waals surface area contributed by atoms with Crippen LogP contribution in [0.3, 0.4) is 0 Å². The summed E-state index contributed by atoms with van der Waals surface area (Å²) in [5, 5.41) is 10.9. The van der Waals surface area contributed by atoms with Crippen LogP contribution >= 0.6 is 34.9 Å². The predicted octanol–water partition coefficient (Wildman–Crippen LogP) is 3.55. The SMILES string of the molecule is CCc1ccc(NC(=O)CSc2nnc(SC)s2)cc1. The smallest absolute Gasteiger partial charge is 0.234 e. The first-order chi connectivity index (χ1) is 9.71. The molecule has 106 valence electrons. The zero-order valence-electron chi connectivity index (χ0n) is 11.3. The van der Waals surface area contributed by atoms with Crippen molar-refractivity contribution in [2.45, 2.75) is 22.0 Å². The molecule has 0 aliphatic heterocycles. The Labute approximate surface area is 130 Å². The first-order valence-electron chi connectivity index (χ1n) is 6.10. The number of aryl methyl sites for hydroxylation is 1. The molecule has 0 aliphatic carbocycles. The van der Waals surface area contributed by atoms with Crippen LogP contribution in [0.4, 0.5) is 5.69 Å². The Bertz CT molecular complexity index is 568. The van der Waals surface area contributed by atoms with Crippen LogP contribution in [0.2, 0.25) is 0 Å². The third-order valence-electron chi connectivity index (χ3n) is 2.54. The lowest BCUT2D eigenvalue weighted by atomic mass is 10.1. The van der Waals surface area contributed by atoms with Crippen molar-refractivity contribution in [1.82, 2.24) is 10.2 Å². The van der Waals surface area contributed by atoms with Crippen molar-refractivity contribution in [1.29, 1.82) is 0 Å². The van der Waals surface area contributed by atoms with Gasteiger partial charge in [0, 0.05) is 5.69 Å². The van der Waals surface area contributed by atoms with Crippen molar-refractivity contribution in [2.24, 2.45) is 0 Å². The van der Waals surface area contributed by atoms with Gasteiger partial charge in [-0.2, -0.15) is 0 Å². The van der Waals surface area contributed by atoms with E-state index in [9.17, 15) is 4.79 Å². The Morgan fingerprint density at radius 1 is 1.25 bits per heavy atom. The summed E-state index contributed by atoms with van der Waals surface area (Å²) < 4.78 is 1.74. The second-order valence-electron chi connectivity index (χ2n) is 3.93. The Kier molecular flexibility index (Phi) is 5.87. The first-order valence-corrected chi connectivity index (χ1v) is 9.13. The molecule has 0 fully saturated rings. The highest BCUT2D eigenvalue weighted by molar-refractivity contribution is 8.03. The Morgan fingerprint density at radius 2 is 1.95 bits per heavy atom. The van der Waals surface area contributed by atoms with E-state index in [-0.39, 0.29) is 5.91 Å². The van der Waals surface area contributed by atoms with Crippen LogP contribution in [0.1, 0.15) is 12.5 Å². The number of carbonyl (C=O) groups excluding carboxylic acids is 1. The van der Waals surface area contributed by atoms with Crippen LogP contribution in [0, 0.1) is 0 Å². The molecule has 2 aromatic rings. The van der Waals surface area contributed by atoms with E-state index in [1.54, 1.807) is 11.8 Å². The lowest BCUT2D eigenvalue weighted by Gasteiger charge is -2.04. The van der Waals surface area contributed by atoms with Gasteiger partial charge < -0.3 is 5.32 Å². The van der Waals surface area contributed by atoms with Gasteiger partial charge in [0.05, 0.1) is 5.75 Å². The van der Waals surface area contributed by atoms with E-state index in [2.05, 4.69) is 22.4 Å². The number of anilines is 1. The molecule has 1 aromatic heterocycles. The largest absolute Gasteiger partial charge is 0.325 e. The Hall–Kier alpha value is -1.05. The van der Waals surface area contributed by atoms with Gasteiger partial charge in [-0.05, 0) is 30.4 Å². The predicted molar refractivity (Wildman–Crippen MR) is 86.9 cm³/mol. The van der Waals surface area contributed by atoms with Crippen molar-refractivity contribution in [3.8, 4) is 0 Å². The van der Waals surface area contributed by atoms with Gasteiger partial charge in [-0.1, -0.05) is 53.9 Å². The normalized spacial score (nSPS) is 10.5. The van der Waals surface area contributed by atoms with E-state index < -0.39 is 0 Å². The van der Waals surface area contributed by atoms with Gasteiger partial charge in [0.15, 0.2) is 8.68 Å². The second-order valence-corrected chi connectivity index (χ2v) is 7.18. The molecule has 1 heterocycles. The van der Waals surface area contributed by atoms with Crippen molar-refractivity contribution in [3.05, 3.63) is 29.8 Å². The highest BCUT2D eigenvalue weighted by Crippen LogP contribution is 2.27. The summed E-state index contributed by atoms with van der Waals surface area (Å²) in [5.41, 5.74) is 2.09. The Morgan fingerprint density at radius 3 is 2.55 bits per heavy atom. The summed E-state index contributed by atoms with van der Waals surface area (Å²) in [4.78, 5) is 11.8. The number of amides is 1. The second kappa shape index (κ2) is 7.66. The monoisotopic (exact) mass is 325 g/mol. The minimum Gasteiger partial charge on any atom is -0.325 e. The number of thioether (sulfide) groups is 2. The van der Waals surface area contributed by atoms with Gasteiger partial charge in [-0.15, -0.1) is 10.2 Å². The molecule has 20 heavy (non-hydrogen) atoms. The third-order valence-corrected chi connectivity index (χ3v) is 5.57. The fourth-order valence-electron chi connectivity index (χ4n) is 1.49. The molecule has 1 amide bonds. The average molecular weight is 325 g/mol. The summed E-state index contributed by atoms with van der Waals surface area (Å²) in [6.07, 6.45) is 2.96. The molecule has 1 N–H and O–H groups in total. The van der Waals surface area contributed by atoms with Crippen LogP contribution in [-0.4, -0.2) is 28.1 Å². The topological polar surface area (TPSA) is 54.9 Å². The third kappa shape index (κ3) is 4.50. The molecular weight excluding hydrogens is 310 g/mol. The van der Waals surface area contributed by atoms with E-state index in [1.165, 1.54) is 28.7 Å². The van der Waals surface area contributed by atoms with Gasteiger partial charge in [0.1, 0.15) is 0 Å². The van der Waals surface area contributed by atoms with Crippen LogP contribution in [0.5, 0.6) is 0 Å². The highest BCUT2D eigenvalue weighted by Gasteiger charge is 2.08. The quantitative estimate of drug-likeness (QED) is 0.823. The average Bonchev–Trinajstić information content (AvgIpc) is 2.94. The van der Waals surface area contributed by atoms with Crippen LogP contribution in [0.15, 0.2) is 32.9 Å². The highest BCUT2D eigenvalue weighted by atomic mass is 32.2. The van der Waals surface area contributed by atoms with Crippen LogP contribution in [0.25, 0.3) is 0 Å². The number of benzene rings is 1. The molecular formula is C13H15N3OS3. The van der Waals surface area contributed by atoms with E-state index >= 15 is 0 Å². The number of hydrogen-bond donors (Lipinski definition) is 1. The van der Waals surface area contributed by atoms with E-state index in [1.807, 2.05) is 30.5 Å². The van der Waals surface area contributed by atoms with Gasteiger partial charge in [0.25, 0.3) is 0 Å². The summed E-state index contributed by atoms with van der Waals surface area (Å²) >= 11 is 4.48. The number of nitrogens with one attached hydrogen (secondary N) is 1. The fraction of sp³-hybridized carbons (Fsp3) is 0.308. The van der Waals surface area contributed by atoms with Crippen molar-refractivity contribution in [2.75, 3.05) is 17.3 Å². The molecule has 0 saturated carbocycles. The summed E-state index contributed by atoms with van der Waals surface area (Å²) in [5.74, 6) is 0.318. The van der Waals surface area contributed by atoms with Gasteiger partial charge in [-0.25, -0.2) is 0 Å². The zero-order valence-corrected chi connectivity index (χ0v) is 13.7. The van der Waals surface area contributed by atoms with E-state index in [4.69, 9.17) is 0 Å². The number of nitrogens with zero attached hydrogens (tertiary/aromatic N) is 2. The van der Waals surface area contributed by atoms with Crippen molar-refractivity contribution < 1.29 is 4.79 Å². The lowest BCUT2D eigenvalue weighted by Crippen LogP contribution is -2.13. The summed E-state index contributed by atoms with van der Waals surface area (Å²) in [7, 11) is 0. The number of aromatic nitrogens is 2. The van der Waals surface area contributed by atoms with Crippen molar-refractivity contribution in [3.63, 3.8) is 0 Å². The van der Waals surface area contributed by atoms with Gasteiger partial charge in [-0.3, -0.25) is 4.79 Å². The molecule has 2 rings (SSSR count). The molecule has 0 saturated heterocycles. The summed E-state index contributed by atoms with van der Waals surface area (Å²) in [6.45, 7) is 2.11. The minimum atomic E-state index is -0.0276. The molecule has 0 atom stereocenters. The Balaban J connectivity index is 1.82. The maximum Gasteiger partial charge on any atom is 0.234 e. The zero-order chi connectivity index (χ0) is 14.4. The number of hydrogen-bond acceptors (Lipinski definition) is 6. The number of carbonyl (C=O) groups is 1. The molecule has 0 radical (unpaired) electrons. The molecule has 4 nitrogen and oxygen atoms in total. The summed E-state index contributed by atoms with van der Waals surface area (Å²) in [6, 6.07) is 7.91. The van der Waals surface area contributed by atoms with Gasteiger partial charge in [0.2, 0.25) is 5.91 Å². The van der Waals surface area contributed by atoms with Gasteiger partial charge >= 0.3 is 0 Å². The van der Waals surface area contributed by atoms with Crippen LogP contribution < -0.4 is 5.32 Å². The van der Waals surface area contributed by atoms with Crippen LogP contribution in [-0.2, 0) is 11.2 Å². The van der Waals surface area contributed by atoms with E-state index in [0.29, 0.717) is 5.75 Å². The standard InChI is InChI=1S/C13H15N3OS3/c1-3-9-4-6-10(7-5-9)14-11(17)8-19-13-16-15-12(18-2)20-13/h4-7H,3,8H2,1-2H3,(H,14,17). The molecule has 0 unspecified atom stereocenters. The minimum absolute atomic E-state index is 0.0276. The first kappa shape index (κ1) is 15.3. The number of rotatable bonds is 6.